The van der Waals surface area contributed by atoms with Gasteiger partial charge in [-0.25, -0.2) is 0 Å². The van der Waals surface area contributed by atoms with Crippen LogP contribution in [0.5, 0.6) is 11.5 Å². The van der Waals surface area contributed by atoms with Crippen LogP contribution >= 0.6 is 0 Å². The third-order valence-corrected chi connectivity index (χ3v) is 2.68. The van der Waals surface area contributed by atoms with Crippen molar-refractivity contribution in [2.24, 2.45) is 0 Å². The Morgan fingerprint density at radius 1 is 1.26 bits per heavy atom. The van der Waals surface area contributed by atoms with Gasteiger partial charge in [0.1, 0.15) is 11.5 Å². The monoisotopic (exact) mass is 258 g/mol. The Kier molecular flexibility index (Phi) is 3.66. The van der Waals surface area contributed by atoms with Crippen LogP contribution in [0.15, 0.2) is 42.6 Å². The molecule has 1 aromatic carbocycles. The maximum absolute atomic E-state index is 12.1. The van der Waals surface area contributed by atoms with Crippen LogP contribution in [0.1, 0.15) is 16.1 Å². The van der Waals surface area contributed by atoms with E-state index in [0.29, 0.717) is 6.54 Å². The Hall–Kier alpha value is -2.56. The standard InChI is InChI=1S/C14H14N2O3/c1-16(9-10-4-2-3-7-15-10)14(19)12-8-11(17)5-6-13(12)18/h2-8,17-18H,9H2,1H3. The zero-order valence-electron chi connectivity index (χ0n) is 10.4. The number of benzene rings is 1. The van der Waals surface area contributed by atoms with Crippen molar-refractivity contribution in [2.45, 2.75) is 6.54 Å². The van der Waals surface area contributed by atoms with E-state index in [9.17, 15) is 15.0 Å². The van der Waals surface area contributed by atoms with E-state index in [1.165, 1.54) is 23.1 Å². The first-order chi connectivity index (χ1) is 9.08. The number of phenols is 2. The lowest BCUT2D eigenvalue weighted by Gasteiger charge is -2.17. The molecule has 2 N–H and O–H groups in total. The smallest absolute Gasteiger partial charge is 0.257 e. The summed E-state index contributed by atoms with van der Waals surface area (Å²) >= 11 is 0. The predicted molar refractivity (Wildman–Crippen MR) is 69.8 cm³/mol. The predicted octanol–water partition coefficient (Wildman–Crippen LogP) is 1.77. The molecule has 98 valence electrons. The van der Waals surface area contributed by atoms with Crippen LogP contribution in [-0.2, 0) is 6.54 Å². The van der Waals surface area contributed by atoms with Crippen LogP contribution in [0.4, 0.5) is 0 Å². The summed E-state index contributed by atoms with van der Waals surface area (Å²) in [5.74, 6) is -0.595. The molecule has 0 aliphatic rings. The number of pyridine rings is 1. The summed E-state index contributed by atoms with van der Waals surface area (Å²) < 4.78 is 0. The van der Waals surface area contributed by atoms with Crippen molar-refractivity contribution in [2.75, 3.05) is 7.05 Å². The fourth-order valence-corrected chi connectivity index (χ4v) is 1.71. The van der Waals surface area contributed by atoms with Crippen molar-refractivity contribution in [1.29, 1.82) is 0 Å². The second-order valence-electron chi connectivity index (χ2n) is 4.18. The minimum absolute atomic E-state index is 0.0626. The zero-order chi connectivity index (χ0) is 13.8. The number of hydrogen-bond donors (Lipinski definition) is 2. The van der Waals surface area contributed by atoms with Gasteiger partial charge in [0.15, 0.2) is 0 Å². The van der Waals surface area contributed by atoms with Crippen molar-refractivity contribution in [3.05, 3.63) is 53.9 Å². The number of rotatable bonds is 3. The lowest BCUT2D eigenvalue weighted by atomic mass is 10.1. The number of aromatic nitrogens is 1. The van der Waals surface area contributed by atoms with Gasteiger partial charge >= 0.3 is 0 Å². The van der Waals surface area contributed by atoms with Crippen molar-refractivity contribution in [1.82, 2.24) is 9.88 Å². The van der Waals surface area contributed by atoms with Gasteiger partial charge in [0.05, 0.1) is 17.8 Å². The Morgan fingerprint density at radius 3 is 2.74 bits per heavy atom. The molecule has 0 atom stereocenters. The van der Waals surface area contributed by atoms with Crippen LogP contribution in [0.3, 0.4) is 0 Å². The van der Waals surface area contributed by atoms with E-state index >= 15 is 0 Å². The van der Waals surface area contributed by atoms with Gasteiger partial charge in [-0.05, 0) is 30.3 Å². The molecule has 0 radical (unpaired) electrons. The normalized spacial score (nSPS) is 10.2. The lowest BCUT2D eigenvalue weighted by Crippen LogP contribution is -2.26. The fraction of sp³-hybridized carbons (Fsp3) is 0.143. The number of carbonyl (C=O) groups is 1. The van der Waals surface area contributed by atoms with Gasteiger partial charge in [-0.3, -0.25) is 9.78 Å². The molecular formula is C14H14N2O3. The number of phenolic OH excluding ortho intramolecular Hbond substituents is 2. The first-order valence-electron chi connectivity index (χ1n) is 5.75. The van der Waals surface area contributed by atoms with Crippen molar-refractivity contribution < 1.29 is 15.0 Å². The van der Waals surface area contributed by atoms with Crippen molar-refractivity contribution >= 4 is 5.91 Å². The molecule has 1 amide bonds. The summed E-state index contributed by atoms with van der Waals surface area (Å²) in [7, 11) is 1.61. The van der Waals surface area contributed by atoms with Gasteiger partial charge in [0.2, 0.25) is 0 Å². The lowest BCUT2D eigenvalue weighted by molar-refractivity contribution is 0.0780. The molecule has 0 aliphatic heterocycles. The fourth-order valence-electron chi connectivity index (χ4n) is 1.71. The second-order valence-corrected chi connectivity index (χ2v) is 4.18. The highest BCUT2D eigenvalue weighted by molar-refractivity contribution is 5.97. The van der Waals surface area contributed by atoms with Crippen molar-refractivity contribution in [3.63, 3.8) is 0 Å². The highest BCUT2D eigenvalue weighted by Crippen LogP contribution is 2.23. The number of aromatic hydroxyl groups is 2. The van der Waals surface area contributed by atoms with Crippen LogP contribution in [0.25, 0.3) is 0 Å². The van der Waals surface area contributed by atoms with Crippen LogP contribution in [-0.4, -0.2) is 33.1 Å². The molecule has 0 fully saturated rings. The molecule has 19 heavy (non-hydrogen) atoms. The third kappa shape index (κ3) is 3.01. The topological polar surface area (TPSA) is 73.7 Å². The molecule has 2 rings (SSSR count). The van der Waals surface area contributed by atoms with Crippen LogP contribution < -0.4 is 0 Å². The third-order valence-electron chi connectivity index (χ3n) is 2.68. The molecule has 5 heteroatoms. The number of nitrogens with zero attached hydrogens (tertiary/aromatic N) is 2. The van der Waals surface area contributed by atoms with Gasteiger partial charge in [0, 0.05) is 13.2 Å². The second kappa shape index (κ2) is 5.39. The van der Waals surface area contributed by atoms with Gasteiger partial charge in [-0.1, -0.05) is 6.07 Å². The maximum Gasteiger partial charge on any atom is 0.257 e. The highest BCUT2D eigenvalue weighted by atomic mass is 16.3. The molecular weight excluding hydrogens is 244 g/mol. The van der Waals surface area contributed by atoms with Crippen LogP contribution in [0.2, 0.25) is 0 Å². The summed E-state index contributed by atoms with van der Waals surface area (Å²) in [5, 5.41) is 19.0. The molecule has 0 unspecified atom stereocenters. The first kappa shape index (κ1) is 12.9. The van der Waals surface area contributed by atoms with Gasteiger partial charge in [-0.15, -0.1) is 0 Å². The quantitative estimate of drug-likeness (QED) is 0.823. The molecule has 0 bridgehead atoms. The van der Waals surface area contributed by atoms with E-state index in [1.54, 1.807) is 19.3 Å². The summed E-state index contributed by atoms with van der Waals surface area (Å²) in [6.07, 6.45) is 1.65. The summed E-state index contributed by atoms with van der Waals surface area (Å²) in [6.45, 7) is 0.328. The van der Waals surface area contributed by atoms with E-state index < -0.39 is 0 Å². The summed E-state index contributed by atoms with van der Waals surface area (Å²) in [5.41, 5.74) is 0.816. The first-order valence-corrected chi connectivity index (χ1v) is 5.75. The Balaban J connectivity index is 2.17. The molecule has 0 aliphatic carbocycles. The molecule has 1 aromatic heterocycles. The molecule has 0 spiro atoms. The molecule has 0 saturated carbocycles. The van der Waals surface area contributed by atoms with E-state index in [-0.39, 0.29) is 23.0 Å². The molecule has 5 nitrogen and oxygen atoms in total. The number of carbonyl (C=O) groups excluding carboxylic acids is 1. The average molecular weight is 258 g/mol. The van der Waals surface area contributed by atoms with Gasteiger partial charge < -0.3 is 15.1 Å². The minimum atomic E-state index is -0.376. The van der Waals surface area contributed by atoms with E-state index in [1.807, 2.05) is 12.1 Å². The minimum Gasteiger partial charge on any atom is -0.508 e. The number of amides is 1. The Bertz CT molecular complexity index is 584. The molecule has 2 aromatic rings. The van der Waals surface area contributed by atoms with E-state index in [2.05, 4.69) is 4.98 Å². The average Bonchev–Trinajstić information content (AvgIpc) is 2.42. The largest absolute Gasteiger partial charge is 0.508 e. The Morgan fingerprint density at radius 2 is 2.05 bits per heavy atom. The SMILES string of the molecule is CN(Cc1ccccn1)C(=O)c1cc(O)ccc1O. The summed E-state index contributed by atoms with van der Waals surface area (Å²) in [6, 6.07) is 9.31. The zero-order valence-corrected chi connectivity index (χ0v) is 10.4. The Labute approximate surface area is 110 Å². The maximum atomic E-state index is 12.1. The van der Waals surface area contributed by atoms with E-state index in [0.717, 1.165) is 5.69 Å². The van der Waals surface area contributed by atoms with Gasteiger partial charge in [0.25, 0.3) is 5.91 Å². The number of hydrogen-bond acceptors (Lipinski definition) is 4. The van der Waals surface area contributed by atoms with E-state index in [4.69, 9.17) is 0 Å². The van der Waals surface area contributed by atoms with Gasteiger partial charge in [-0.2, -0.15) is 0 Å². The van der Waals surface area contributed by atoms with Crippen LogP contribution in [0, 0.1) is 0 Å². The highest BCUT2D eigenvalue weighted by Gasteiger charge is 2.16. The van der Waals surface area contributed by atoms with Crippen molar-refractivity contribution in [3.8, 4) is 11.5 Å². The molecule has 1 heterocycles. The molecule has 0 saturated heterocycles. The summed E-state index contributed by atoms with van der Waals surface area (Å²) in [4.78, 5) is 17.7.